The summed E-state index contributed by atoms with van der Waals surface area (Å²) in [6.45, 7) is 0.160. The molecule has 0 unspecified atom stereocenters. The Balaban J connectivity index is 1.51. The summed E-state index contributed by atoms with van der Waals surface area (Å²) in [4.78, 5) is 1.38. The van der Waals surface area contributed by atoms with Crippen LogP contribution in [0.1, 0.15) is 43.2 Å². The molecule has 0 bridgehead atoms. The molecule has 0 spiro atoms. The van der Waals surface area contributed by atoms with E-state index in [1.807, 2.05) is 23.9 Å². The highest BCUT2D eigenvalue weighted by molar-refractivity contribution is 7.99. The largest absolute Gasteiger partial charge is 0.392 e. The molecule has 2 aromatic carbocycles. The number of hydrogen-bond donors (Lipinski definition) is 1. The van der Waals surface area contributed by atoms with Crippen LogP contribution in [-0.2, 0) is 13.0 Å². The summed E-state index contributed by atoms with van der Waals surface area (Å²) in [5.74, 6) is 1.22. The molecule has 0 amide bonds. The van der Waals surface area contributed by atoms with Crippen molar-refractivity contribution in [1.29, 1.82) is 0 Å². The number of hydrogen-bond acceptors (Lipinski definition) is 2. The molecule has 22 heavy (non-hydrogen) atoms. The summed E-state index contributed by atoms with van der Waals surface area (Å²) in [5.41, 5.74) is 2.39. The third kappa shape index (κ3) is 6.25. The van der Waals surface area contributed by atoms with Crippen LogP contribution >= 0.6 is 11.8 Å². The number of thioether (sulfide) groups is 1. The lowest BCUT2D eigenvalue weighted by Crippen LogP contribution is -1.94. The van der Waals surface area contributed by atoms with Gasteiger partial charge in [-0.3, -0.25) is 0 Å². The van der Waals surface area contributed by atoms with Gasteiger partial charge < -0.3 is 5.11 Å². The van der Waals surface area contributed by atoms with Gasteiger partial charge in [0.25, 0.3) is 0 Å². The maximum atomic E-state index is 9.31. The normalized spacial score (nSPS) is 10.8. The standard InChI is InChI=1S/C20H26OS/c21-17-19-13-9-8-12-18(19)11-5-2-1-3-10-16-22-20-14-6-4-7-15-20/h4,6-9,12-15,21H,1-3,5,10-11,16-17H2. The van der Waals surface area contributed by atoms with Crippen LogP contribution in [0.25, 0.3) is 0 Å². The molecule has 0 heterocycles. The van der Waals surface area contributed by atoms with E-state index in [1.165, 1.54) is 48.3 Å². The molecule has 118 valence electrons. The zero-order valence-corrected chi connectivity index (χ0v) is 14.0. The van der Waals surface area contributed by atoms with Crippen LogP contribution < -0.4 is 0 Å². The summed E-state index contributed by atoms with van der Waals surface area (Å²) >= 11 is 1.96. The second-order valence-corrected chi connectivity index (χ2v) is 6.77. The van der Waals surface area contributed by atoms with E-state index in [0.717, 1.165) is 12.0 Å². The summed E-state index contributed by atoms with van der Waals surface area (Å²) in [6.07, 6.45) is 7.54. The van der Waals surface area contributed by atoms with Gasteiger partial charge in [0.2, 0.25) is 0 Å². The zero-order chi connectivity index (χ0) is 15.5. The van der Waals surface area contributed by atoms with Crippen molar-refractivity contribution in [1.82, 2.24) is 0 Å². The van der Waals surface area contributed by atoms with Crippen LogP contribution in [0.15, 0.2) is 59.5 Å². The maximum absolute atomic E-state index is 9.31. The van der Waals surface area contributed by atoms with E-state index in [4.69, 9.17) is 0 Å². The summed E-state index contributed by atoms with van der Waals surface area (Å²) in [5, 5.41) is 9.31. The quantitative estimate of drug-likeness (QED) is 0.464. The minimum absolute atomic E-state index is 0.160. The van der Waals surface area contributed by atoms with Crippen molar-refractivity contribution in [2.45, 2.75) is 50.0 Å². The number of rotatable bonds is 10. The Hall–Kier alpha value is -1.25. The number of aliphatic hydroxyl groups is 1. The van der Waals surface area contributed by atoms with Gasteiger partial charge in [-0.25, -0.2) is 0 Å². The molecule has 0 radical (unpaired) electrons. The van der Waals surface area contributed by atoms with Gasteiger partial charge in [0, 0.05) is 4.90 Å². The predicted octanol–water partition coefficient (Wildman–Crippen LogP) is 5.46. The SMILES string of the molecule is OCc1ccccc1CCCCCCCSc1ccccc1. The number of benzene rings is 2. The fraction of sp³-hybridized carbons (Fsp3) is 0.400. The molecule has 2 rings (SSSR count). The number of aryl methyl sites for hydroxylation is 1. The van der Waals surface area contributed by atoms with E-state index in [2.05, 4.69) is 42.5 Å². The molecule has 0 atom stereocenters. The van der Waals surface area contributed by atoms with Gasteiger partial charge in [-0.05, 0) is 48.3 Å². The predicted molar refractivity (Wildman–Crippen MR) is 96.3 cm³/mol. The molecule has 1 N–H and O–H groups in total. The molecule has 2 aromatic rings. The summed E-state index contributed by atoms with van der Waals surface area (Å²) < 4.78 is 0. The Morgan fingerprint density at radius 3 is 2.09 bits per heavy atom. The van der Waals surface area contributed by atoms with Crippen molar-refractivity contribution < 1.29 is 5.11 Å². The van der Waals surface area contributed by atoms with Gasteiger partial charge in [-0.1, -0.05) is 61.7 Å². The summed E-state index contributed by atoms with van der Waals surface area (Å²) in [7, 11) is 0. The first-order chi connectivity index (χ1) is 10.9. The average molecular weight is 314 g/mol. The monoisotopic (exact) mass is 314 g/mol. The second kappa shape index (κ2) is 10.5. The number of aliphatic hydroxyl groups excluding tert-OH is 1. The van der Waals surface area contributed by atoms with Crippen LogP contribution in [0.3, 0.4) is 0 Å². The Bertz CT molecular complexity index is 524. The maximum Gasteiger partial charge on any atom is 0.0684 e. The van der Waals surface area contributed by atoms with E-state index < -0.39 is 0 Å². The zero-order valence-electron chi connectivity index (χ0n) is 13.2. The Morgan fingerprint density at radius 2 is 1.32 bits per heavy atom. The Labute approximate surface area is 138 Å². The third-order valence-corrected chi connectivity index (χ3v) is 4.99. The van der Waals surface area contributed by atoms with Crippen LogP contribution in [0.2, 0.25) is 0 Å². The molecule has 1 nitrogen and oxygen atoms in total. The third-order valence-electron chi connectivity index (χ3n) is 3.89. The highest BCUT2D eigenvalue weighted by atomic mass is 32.2. The van der Waals surface area contributed by atoms with Gasteiger partial charge in [-0.2, -0.15) is 0 Å². The molecular formula is C20H26OS. The minimum Gasteiger partial charge on any atom is -0.392 e. The van der Waals surface area contributed by atoms with Crippen LogP contribution in [0, 0.1) is 0 Å². The van der Waals surface area contributed by atoms with Crippen molar-refractivity contribution in [3.63, 3.8) is 0 Å². The van der Waals surface area contributed by atoms with E-state index in [9.17, 15) is 5.11 Å². The molecular weight excluding hydrogens is 288 g/mol. The van der Waals surface area contributed by atoms with Gasteiger partial charge in [0.05, 0.1) is 6.61 Å². The van der Waals surface area contributed by atoms with Crippen molar-refractivity contribution in [3.8, 4) is 0 Å². The van der Waals surface area contributed by atoms with Crippen molar-refractivity contribution in [3.05, 3.63) is 65.7 Å². The lowest BCUT2D eigenvalue weighted by molar-refractivity contribution is 0.280. The topological polar surface area (TPSA) is 20.2 Å². The fourth-order valence-electron chi connectivity index (χ4n) is 2.61. The summed E-state index contributed by atoms with van der Waals surface area (Å²) in [6, 6.07) is 18.9. The first kappa shape index (κ1) is 17.1. The Morgan fingerprint density at radius 1 is 0.682 bits per heavy atom. The highest BCUT2D eigenvalue weighted by Gasteiger charge is 2.00. The van der Waals surface area contributed by atoms with E-state index >= 15 is 0 Å². The average Bonchev–Trinajstić information content (AvgIpc) is 2.58. The van der Waals surface area contributed by atoms with Crippen LogP contribution in [0.4, 0.5) is 0 Å². The number of unbranched alkanes of at least 4 members (excludes halogenated alkanes) is 4. The fourth-order valence-corrected chi connectivity index (χ4v) is 3.54. The molecule has 2 heteroatoms. The molecule has 0 aliphatic carbocycles. The van der Waals surface area contributed by atoms with Crippen LogP contribution in [0.5, 0.6) is 0 Å². The van der Waals surface area contributed by atoms with Gasteiger partial charge in [0.1, 0.15) is 0 Å². The van der Waals surface area contributed by atoms with Gasteiger partial charge in [0.15, 0.2) is 0 Å². The van der Waals surface area contributed by atoms with Crippen molar-refractivity contribution in [2.24, 2.45) is 0 Å². The van der Waals surface area contributed by atoms with Gasteiger partial charge in [-0.15, -0.1) is 11.8 Å². The van der Waals surface area contributed by atoms with Crippen molar-refractivity contribution in [2.75, 3.05) is 5.75 Å². The van der Waals surface area contributed by atoms with Crippen molar-refractivity contribution >= 4 is 11.8 Å². The highest BCUT2D eigenvalue weighted by Crippen LogP contribution is 2.19. The van der Waals surface area contributed by atoms with E-state index in [1.54, 1.807) is 0 Å². The molecule has 0 aliphatic rings. The smallest absolute Gasteiger partial charge is 0.0684 e. The molecule has 0 saturated carbocycles. The second-order valence-electron chi connectivity index (χ2n) is 5.61. The molecule has 0 saturated heterocycles. The lowest BCUT2D eigenvalue weighted by atomic mass is 10.0. The molecule has 0 aromatic heterocycles. The molecule has 0 fully saturated rings. The van der Waals surface area contributed by atoms with E-state index in [0.29, 0.717) is 0 Å². The first-order valence-corrected chi connectivity index (χ1v) is 9.24. The molecule has 0 aliphatic heterocycles. The van der Waals surface area contributed by atoms with E-state index in [-0.39, 0.29) is 6.61 Å². The first-order valence-electron chi connectivity index (χ1n) is 8.25. The Kier molecular flexibility index (Phi) is 8.14. The lowest BCUT2D eigenvalue weighted by Gasteiger charge is -2.07. The minimum atomic E-state index is 0.160. The van der Waals surface area contributed by atoms with Crippen LogP contribution in [-0.4, -0.2) is 10.9 Å². The van der Waals surface area contributed by atoms with Gasteiger partial charge >= 0.3 is 0 Å².